The van der Waals surface area contributed by atoms with Crippen molar-refractivity contribution >= 4 is 16.8 Å². The van der Waals surface area contributed by atoms with E-state index in [1.54, 1.807) is 6.20 Å². The molecule has 1 fully saturated rings. The normalized spacial score (nSPS) is 18.9. The molecule has 1 aliphatic carbocycles. The fourth-order valence-electron chi connectivity index (χ4n) is 4.51. The third kappa shape index (κ3) is 3.44. The van der Waals surface area contributed by atoms with Gasteiger partial charge in [-0.1, -0.05) is 48.5 Å². The van der Waals surface area contributed by atoms with Gasteiger partial charge < -0.3 is 14.5 Å². The first-order valence-electron chi connectivity index (χ1n) is 10.2. The molecule has 0 bridgehead atoms. The summed E-state index contributed by atoms with van der Waals surface area (Å²) < 4.78 is 4.25. The standard InChI is InChI=1S/C24H24N4O/c29-24(26-20-10-6-12-22(20)27-14-13-25-17-27)23-15-19-9-4-5-11-21(19)28(23)16-18-7-2-1-3-8-18/h1-5,7-9,11,13-15,17,20,22H,6,10,12,16H2,(H,26,29)/t20-,22-/m1/s1. The van der Waals surface area contributed by atoms with Crippen molar-refractivity contribution in [2.24, 2.45) is 0 Å². The van der Waals surface area contributed by atoms with E-state index in [0.29, 0.717) is 12.2 Å². The summed E-state index contributed by atoms with van der Waals surface area (Å²) in [6, 6.07) is 20.9. The second-order valence-corrected chi connectivity index (χ2v) is 7.75. The second-order valence-electron chi connectivity index (χ2n) is 7.75. The number of imidazole rings is 1. The average molecular weight is 384 g/mol. The molecule has 29 heavy (non-hydrogen) atoms. The predicted molar refractivity (Wildman–Crippen MR) is 114 cm³/mol. The molecule has 2 aromatic carbocycles. The van der Waals surface area contributed by atoms with E-state index in [2.05, 4.69) is 43.7 Å². The molecule has 146 valence electrons. The highest BCUT2D eigenvalue weighted by Crippen LogP contribution is 2.30. The fraction of sp³-hybridized carbons (Fsp3) is 0.250. The number of fused-ring (bicyclic) bond motifs is 1. The maximum atomic E-state index is 13.3. The summed E-state index contributed by atoms with van der Waals surface area (Å²) in [6.45, 7) is 0.673. The molecule has 2 aromatic heterocycles. The molecule has 2 heterocycles. The Kier molecular flexibility index (Phi) is 4.64. The highest BCUT2D eigenvalue weighted by molar-refractivity contribution is 5.99. The van der Waals surface area contributed by atoms with Crippen LogP contribution in [0.25, 0.3) is 10.9 Å². The smallest absolute Gasteiger partial charge is 0.268 e. The Labute approximate surface area is 170 Å². The zero-order valence-electron chi connectivity index (χ0n) is 16.2. The lowest BCUT2D eigenvalue weighted by molar-refractivity contribution is 0.0920. The van der Waals surface area contributed by atoms with E-state index >= 15 is 0 Å². The monoisotopic (exact) mass is 384 g/mol. The Morgan fingerprint density at radius 2 is 1.90 bits per heavy atom. The number of carbonyl (C=O) groups is 1. The number of nitrogens with zero attached hydrogens (tertiary/aromatic N) is 3. The van der Waals surface area contributed by atoms with Crippen LogP contribution >= 0.6 is 0 Å². The molecule has 0 unspecified atom stereocenters. The van der Waals surface area contributed by atoms with Crippen molar-refractivity contribution in [3.05, 3.63) is 90.6 Å². The summed E-state index contributed by atoms with van der Waals surface area (Å²) in [6.07, 6.45) is 8.81. The Balaban J connectivity index is 1.46. The summed E-state index contributed by atoms with van der Waals surface area (Å²) in [5.74, 6) is -0.00542. The lowest BCUT2D eigenvalue weighted by atomic mass is 10.1. The van der Waals surface area contributed by atoms with Crippen LogP contribution in [0, 0.1) is 0 Å². The van der Waals surface area contributed by atoms with Gasteiger partial charge >= 0.3 is 0 Å². The second kappa shape index (κ2) is 7.59. The van der Waals surface area contributed by atoms with Crippen LogP contribution in [-0.4, -0.2) is 26.1 Å². The Hall–Kier alpha value is -3.34. The van der Waals surface area contributed by atoms with Gasteiger partial charge in [-0.2, -0.15) is 0 Å². The molecular formula is C24H24N4O. The first-order chi connectivity index (χ1) is 14.3. The molecule has 2 atom stereocenters. The molecule has 5 nitrogen and oxygen atoms in total. The van der Waals surface area contributed by atoms with Gasteiger partial charge in [-0.3, -0.25) is 4.79 Å². The lowest BCUT2D eigenvalue weighted by Crippen LogP contribution is -2.39. The fourth-order valence-corrected chi connectivity index (χ4v) is 4.51. The van der Waals surface area contributed by atoms with Gasteiger partial charge in [0.25, 0.3) is 5.91 Å². The Morgan fingerprint density at radius 3 is 2.72 bits per heavy atom. The van der Waals surface area contributed by atoms with Gasteiger partial charge in [0.1, 0.15) is 5.69 Å². The van der Waals surface area contributed by atoms with E-state index in [1.165, 1.54) is 5.56 Å². The number of hydrogen-bond acceptors (Lipinski definition) is 2. The number of amides is 1. The Morgan fingerprint density at radius 1 is 1.07 bits per heavy atom. The number of rotatable bonds is 5. The average Bonchev–Trinajstić information content (AvgIpc) is 3.49. The zero-order chi connectivity index (χ0) is 19.6. The van der Waals surface area contributed by atoms with E-state index in [1.807, 2.05) is 48.9 Å². The van der Waals surface area contributed by atoms with Crippen LogP contribution in [0.15, 0.2) is 79.4 Å². The molecule has 1 saturated carbocycles. The van der Waals surface area contributed by atoms with Crippen LogP contribution in [0.4, 0.5) is 0 Å². The maximum absolute atomic E-state index is 13.3. The van der Waals surface area contributed by atoms with Gasteiger partial charge in [0.05, 0.1) is 12.4 Å². The maximum Gasteiger partial charge on any atom is 0.268 e. The molecular weight excluding hydrogens is 360 g/mol. The quantitative estimate of drug-likeness (QED) is 0.554. The number of hydrogen-bond donors (Lipinski definition) is 1. The molecule has 0 spiro atoms. The molecule has 0 aliphatic heterocycles. The molecule has 1 N–H and O–H groups in total. The van der Waals surface area contributed by atoms with Crippen molar-refractivity contribution < 1.29 is 4.79 Å². The van der Waals surface area contributed by atoms with Gasteiger partial charge in [0.2, 0.25) is 0 Å². The minimum atomic E-state index is -0.00542. The van der Waals surface area contributed by atoms with Crippen molar-refractivity contribution in [2.75, 3.05) is 0 Å². The number of para-hydroxylation sites is 1. The first kappa shape index (κ1) is 17.7. The molecule has 1 amide bonds. The van der Waals surface area contributed by atoms with Gasteiger partial charge in [0.15, 0.2) is 0 Å². The third-order valence-electron chi connectivity index (χ3n) is 5.93. The summed E-state index contributed by atoms with van der Waals surface area (Å²) in [4.78, 5) is 17.5. The van der Waals surface area contributed by atoms with E-state index in [0.717, 1.165) is 30.2 Å². The molecule has 4 aromatic rings. The molecule has 0 saturated heterocycles. The van der Waals surface area contributed by atoms with Crippen molar-refractivity contribution in [3.8, 4) is 0 Å². The Bertz CT molecular complexity index is 1110. The minimum absolute atomic E-state index is 0.00542. The zero-order valence-corrected chi connectivity index (χ0v) is 16.2. The molecule has 5 heteroatoms. The molecule has 5 rings (SSSR count). The van der Waals surface area contributed by atoms with Gasteiger partial charge in [-0.15, -0.1) is 0 Å². The number of aromatic nitrogens is 3. The first-order valence-corrected chi connectivity index (χ1v) is 10.2. The van der Waals surface area contributed by atoms with Crippen LogP contribution in [0.1, 0.15) is 41.4 Å². The lowest BCUT2D eigenvalue weighted by Gasteiger charge is -2.22. The largest absolute Gasteiger partial charge is 0.346 e. The third-order valence-corrected chi connectivity index (χ3v) is 5.93. The van der Waals surface area contributed by atoms with E-state index < -0.39 is 0 Å². The summed E-state index contributed by atoms with van der Waals surface area (Å²) in [7, 11) is 0. The summed E-state index contributed by atoms with van der Waals surface area (Å²) >= 11 is 0. The highest BCUT2D eigenvalue weighted by Gasteiger charge is 2.30. The van der Waals surface area contributed by atoms with Gasteiger partial charge in [-0.25, -0.2) is 4.98 Å². The van der Waals surface area contributed by atoms with E-state index in [9.17, 15) is 4.79 Å². The summed E-state index contributed by atoms with van der Waals surface area (Å²) in [5, 5.41) is 4.40. The molecule has 0 radical (unpaired) electrons. The SMILES string of the molecule is O=C(N[C@@H]1CCC[C@H]1n1ccnc1)c1cc2ccccc2n1Cc1ccccc1. The van der Waals surface area contributed by atoms with Crippen molar-refractivity contribution in [1.29, 1.82) is 0 Å². The van der Waals surface area contributed by atoms with Crippen LogP contribution in [0.2, 0.25) is 0 Å². The number of nitrogens with one attached hydrogen (secondary N) is 1. The van der Waals surface area contributed by atoms with Crippen molar-refractivity contribution in [2.45, 2.75) is 37.9 Å². The summed E-state index contributed by atoms with van der Waals surface area (Å²) in [5.41, 5.74) is 2.98. The predicted octanol–water partition coefficient (Wildman–Crippen LogP) is 4.41. The topological polar surface area (TPSA) is 51.9 Å². The molecule has 1 aliphatic rings. The van der Waals surface area contributed by atoms with Gasteiger partial charge in [-0.05, 0) is 37.0 Å². The van der Waals surface area contributed by atoms with Crippen LogP contribution < -0.4 is 5.32 Å². The van der Waals surface area contributed by atoms with Crippen molar-refractivity contribution in [1.82, 2.24) is 19.4 Å². The van der Waals surface area contributed by atoms with E-state index in [4.69, 9.17) is 0 Å². The van der Waals surface area contributed by atoms with Gasteiger partial charge in [0, 0.05) is 35.9 Å². The van der Waals surface area contributed by atoms with E-state index in [-0.39, 0.29) is 18.0 Å². The van der Waals surface area contributed by atoms with Crippen LogP contribution in [0.3, 0.4) is 0 Å². The van der Waals surface area contributed by atoms with Crippen molar-refractivity contribution in [3.63, 3.8) is 0 Å². The highest BCUT2D eigenvalue weighted by atomic mass is 16.2. The van der Waals surface area contributed by atoms with Crippen LogP contribution in [-0.2, 0) is 6.54 Å². The van der Waals surface area contributed by atoms with Crippen LogP contribution in [0.5, 0.6) is 0 Å². The number of benzene rings is 2. The number of carbonyl (C=O) groups excluding carboxylic acids is 1. The minimum Gasteiger partial charge on any atom is -0.346 e.